The van der Waals surface area contributed by atoms with Crippen molar-refractivity contribution in [2.45, 2.75) is 30.7 Å². The van der Waals surface area contributed by atoms with Crippen LogP contribution in [0.5, 0.6) is 0 Å². The fourth-order valence-electron chi connectivity index (χ4n) is 4.11. The summed E-state index contributed by atoms with van der Waals surface area (Å²) >= 11 is 0. The maximum absolute atomic E-state index is 12.9. The molecule has 0 saturated carbocycles. The summed E-state index contributed by atoms with van der Waals surface area (Å²) in [7, 11) is -1.96. The first-order valence-electron chi connectivity index (χ1n) is 10.5. The van der Waals surface area contributed by atoms with E-state index in [1.54, 1.807) is 28.9 Å². The van der Waals surface area contributed by atoms with Gasteiger partial charge in [0, 0.05) is 59.3 Å². The largest absolute Gasteiger partial charge is 0.343 e. The molecule has 2 aliphatic rings. The van der Waals surface area contributed by atoms with Crippen LogP contribution < -0.4 is 0 Å². The number of piperazine rings is 1. The van der Waals surface area contributed by atoms with Crippen LogP contribution >= 0.6 is 0 Å². The van der Waals surface area contributed by atoms with Gasteiger partial charge >= 0.3 is 0 Å². The number of amides is 2. The molecule has 0 aliphatic carbocycles. The maximum Gasteiger partial charge on any atom is 0.244 e. The Morgan fingerprint density at radius 1 is 1.10 bits per heavy atom. The van der Waals surface area contributed by atoms with E-state index in [-0.39, 0.29) is 41.4 Å². The molecule has 9 nitrogen and oxygen atoms in total. The Morgan fingerprint density at radius 3 is 2.29 bits per heavy atom. The summed E-state index contributed by atoms with van der Waals surface area (Å²) in [5.41, 5.74) is 0.125. The van der Waals surface area contributed by atoms with Crippen molar-refractivity contribution in [3.05, 3.63) is 29.8 Å². The molecule has 0 unspecified atom stereocenters. The smallest absolute Gasteiger partial charge is 0.244 e. The Morgan fingerprint density at radius 2 is 1.71 bits per heavy atom. The second-order valence-corrected chi connectivity index (χ2v) is 9.94. The van der Waals surface area contributed by atoms with Crippen LogP contribution in [0.2, 0.25) is 0 Å². The Bertz CT molecular complexity index is 958. The molecule has 10 heteroatoms. The topological polar surface area (TPSA) is 105 Å². The number of hydrogen-bond acceptors (Lipinski definition) is 6. The molecule has 168 valence electrons. The average molecular weight is 448 g/mol. The lowest BCUT2D eigenvalue weighted by molar-refractivity contribution is -0.135. The Balaban J connectivity index is 1.51. The third-order valence-corrected chi connectivity index (χ3v) is 8.13. The molecule has 2 aliphatic heterocycles. The molecule has 0 N–H and O–H groups in total. The molecule has 31 heavy (non-hydrogen) atoms. The number of nitriles is 1. The van der Waals surface area contributed by atoms with Gasteiger partial charge in [-0.1, -0.05) is 12.1 Å². The monoisotopic (exact) mass is 447 g/mol. The van der Waals surface area contributed by atoms with Gasteiger partial charge in [0.15, 0.2) is 0 Å². The molecule has 3 rings (SSSR count). The SMILES string of the molecule is CC(=O)N(C)C1CCN(CC(=O)N2CCN(S(=O)(=O)c3ccccc3C#N)CC2)CC1. The number of rotatable bonds is 5. The molecule has 0 bridgehead atoms. The second-order valence-electron chi connectivity index (χ2n) is 8.03. The van der Waals surface area contributed by atoms with E-state index < -0.39 is 10.0 Å². The highest BCUT2D eigenvalue weighted by atomic mass is 32.2. The molecule has 2 saturated heterocycles. The fraction of sp³-hybridized carbons (Fsp3) is 0.571. The van der Waals surface area contributed by atoms with Crippen molar-refractivity contribution >= 4 is 21.8 Å². The fourth-order valence-corrected chi connectivity index (χ4v) is 5.68. The van der Waals surface area contributed by atoms with Crippen LogP contribution in [0.3, 0.4) is 0 Å². The first-order valence-corrected chi connectivity index (χ1v) is 11.9. The summed E-state index contributed by atoms with van der Waals surface area (Å²) in [6.45, 7) is 4.46. The van der Waals surface area contributed by atoms with Crippen LogP contribution in [0.1, 0.15) is 25.3 Å². The summed E-state index contributed by atoms with van der Waals surface area (Å²) in [4.78, 5) is 29.8. The van der Waals surface area contributed by atoms with Gasteiger partial charge in [-0.2, -0.15) is 9.57 Å². The summed E-state index contributed by atoms with van der Waals surface area (Å²) < 4.78 is 27.2. The number of hydrogen-bond donors (Lipinski definition) is 0. The molecule has 2 heterocycles. The van der Waals surface area contributed by atoms with Gasteiger partial charge in [0.25, 0.3) is 0 Å². The van der Waals surface area contributed by atoms with E-state index in [2.05, 4.69) is 4.90 Å². The van der Waals surface area contributed by atoms with E-state index in [1.165, 1.54) is 16.4 Å². The van der Waals surface area contributed by atoms with Crippen LogP contribution in [0.25, 0.3) is 0 Å². The van der Waals surface area contributed by atoms with Gasteiger partial charge < -0.3 is 9.80 Å². The zero-order chi connectivity index (χ0) is 22.6. The van der Waals surface area contributed by atoms with Crippen molar-refractivity contribution in [3.63, 3.8) is 0 Å². The number of benzene rings is 1. The molecule has 0 radical (unpaired) electrons. The minimum atomic E-state index is -3.77. The number of sulfonamides is 1. The summed E-state index contributed by atoms with van der Waals surface area (Å²) in [5.74, 6) is 0.0487. The molecule has 1 aromatic rings. The van der Waals surface area contributed by atoms with E-state index in [0.29, 0.717) is 19.6 Å². The van der Waals surface area contributed by atoms with Crippen molar-refractivity contribution in [1.29, 1.82) is 5.26 Å². The highest BCUT2D eigenvalue weighted by Crippen LogP contribution is 2.21. The molecule has 0 aromatic heterocycles. The van der Waals surface area contributed by atoms with E-state index in [4.69, 9.17) is 0 Å². The second kappa shape index (κ2) is 9.77. The quantitative estimate of drug-likeness (QED) is 0.644. The van der Waals surface area contributed by atoms with Crippen molar-refractivity contribution in [2.24, 2.45) is 0 Å². The number of carbonyl (C=O) groups is 2. The van der Waals surface area contributed by atoms with Gasteiger partial charge in [0.05, 0.1) is 17.0 Å². The van der Waals surface area contributed by atoms with Crippen LogP contribution in [0.15, 0.2) is 29.2 Å². The zero-order valence-electron chi connectivity index (χ0n) is 18.0. The lowest BCUT2D eigenvalue weighted by Gasteiger charge is -2.38. The molecule has 0 spiro atoms. The van der Waals surface area contributed by atoms with Crippen molar-refractivity contribution in [3.8, 4) is 6.07 Å². The van der Waals surface area contributed by atoms with Crippen LogP contribution in [0.4, 0.5) is 0 Å². The van der Waals surface area contributed by atoms with E-state index in [0.717, 1.165) is 25.9 Å². The molecule has 1 aromatic carbocycles. The van der Waals surface area contributed by atoms with E-state index in [9.17, 15) is 23.3 Å². The number of nitrogens with zero attached hydrogens (tertiary/aromatic N) is 5. The molecular formula is C21H29N5O4S. The molecule has 2 amide bonds. The van der Waals surface area contributed by atoms with Crippen LogP contribution in [-0.4, -0.2) is 98.1 Å². The Hall–Kier alpha value is -2.48. The normalized spacial score (nSPS) is 19.1. The minimum absolute atomic E-state index is 0.00662. The van der Waals surface area contributed by atoms with Crippen LogP contribution in [0, 0.1) is 11.3 Å². The van der Waals surface area contributed by atoms with E-state index >= 15 is 0 Å². The predicted octanol–water partition coefficient (Wildman–Crippen LogP) is 0.334. The van der Waals surface area contributed by atoms with Gasteiger partial charge in [-0.15, -0.1) is 0 Å². The van der Waals surface area contributed by atoms with Crippen molar-refractivity contribution in [2.75, 3.05) is 52.9 Å². The van der Waals surface area contributed by atoms with Gasteiger partial charge in [-0.05, 0) is 25.0 Å². The number of piperidine rings is 1. The summed E-state index contributed by atoms with van der Waals surface area (Å²) in [6, 6.07) is 8.32. The van der Waals surface area contributed by atoms with E-state index in [1.807, 2.05) is 13.1 Å². The third-order valence-electron chi connectivity index (χ3n) is 6.18. The minimum Gasteiger partial charge on any atom is -0.343 e. The van der Waals surface area contributed by atoms with Gasteiger partial charge in [0.1, 0.15) is 6.07 Å². The zero-order valence-corrected chi connectivity index (χ0v) is 18.8. The highest BCUT2D eigenvalue weighted by Gasteiger charge is 2.32. The number of likely N-dealkylation sites (tertiary alicyclic amines) is 1. The summed E-state index contributed by atoms with van der Waals surface area (Å²) in [5, 5.41) is 9.21. The third kappa shape index (κ3) is 5.23. The standard InChI is InChI=1S/C21H29N5O4S/c1-17(27)23(2)19-7-9-24(10-8-19)16-21(28)25-11-13-26(14-12-25)31(29,30)20-6-4-3-5-18(20)15-22/h3-6,19H,7-14,16H2,1-2H3. The average Bonchev–Trinajstić information content (AvgIpc) is 2.79. The molecule has 0 atom stereocenters. The first kappa shape index (κ1) is 23.2. The van der Waals surface area contributed by atoms with Crippen molar-refractivity contribution < 1.29 is 18.0 Å². The predicted molar refractivity (Wildman–Crippen MR) is 114 cm³/mol. The van der Waals surface area contributed by atoms with Crippen molar-refractivity contribution in [1.82, 2.24) is 19.0 Å². The summed E-state index contributed by atoms with van der Waals surface area (Å²) in [6.07, 6.45) is 1.68. The van der Waals surface area contributed by atoms with Gasteiger partial charge in [-0.25, -0.2) is 8.42 Å². The Kier molecular flexibility index (Phi) is 7.30. The first-order chi connectivity index (χ1) is 14.7. The number of carbonyl (C=O) groups excluding carboxylic acids is 2. The highest BCUT2D eigenvalue weighted by molar-refractivity contribution is 7.89. The lowest BCUT2D eigenvalue weighted by atomic mass is 10.0. The van der Waals surface area contributed by atoms with Gasteiger partial charge in [0.2, 0.25) is 21.8 Å². The molecule has 2 fully saturated rings. The lowest BCUT2D eigenvalue weighted by Crippen LogP contribution is -2.53. The van der Waals surface area contributed by atoms with Crippen LogP contribution in [-0.2, 0) is 19.6 Å². The van der Waals surface area contributed by atoms with Gasteiger partial charge in [-0.3, -0.25) is 14.5 Å². The Labute approximate surface area is 183 Å². The maximum atomic E-state index is 12.9. The molecular weight excluding hydrogens is 418 g/mol.